The molecule has 1 heterocycles. The maximum Gasteiger partial charge on any atom is 0.237 e. The van der Waals surface area contributed by atoms with E-state index in [1.165, 1.54) is 0 Å². The predicted octanol–water partition coefficient (Wildman–Crippen LogP) is 1.11. The molecule has 0 spiro atoms. The Labute approximate surface area is 103 Å². The van der Waals surface area contributed by atoms with Crippen molar-refractivity contribution in [1.82, 2.24) is 10.3 Å². The fourth-order valence-electron chi connectivity index (χ4n) is 1.49. The number of carbonyl (C=O) groups excluding carboxylic acids is 1. The zero-order valence-corrected chi connectivity index (χ0v) is 10.5. The third-order valence-electron chi connectivity index (χ3n) is 2.97. The lowest BCUT2D eigenvalue weighted by Crippen LogP contribution is -2.45. The number of amides is 1. The van der Waals surface area contributed by atoms with Gasteiger partial charge in [-0.25, -0.2) is 0 Å². The van der Waals surface area contributed by atoms with Gasteiger partial charge in [-0.05, 0) is 18.1 Å². The zero-order valence-electron chi connectivity index (χ0n) is 10.5. The zero-order chi connectivity index (χ0) is 12.7. The molecule has 1 amide bonds. The number of nitrogens with two attached hydrogens (primary N) is 1. The van der Waals surface area contributed by atoms with Crippen molar-refractivity contribution in [2.75, 3.05) is 6.54 Å². The fraction of sp³-hybridized carbons (Fsp3) is 0.538. The molecule has 0 radical (unpaired) electrons. The van der Waals surface area contributed by atoms with Crippen molar-refractivity contribution < 1.29 is 4.79 Å². The highest BCUT2D eigenvalue weighted by molar-refractivity contribution is 5.81. The normalized spacial score (nSPS) is 14.1. The highest BCUT2D eigenvalue weighted by Gasteiger charge is 2.18. The summed E-state index contributed by atoms with van der Waals surface area (Å²) >= 11 is 0. The highest BCUT2D eigenvalue weighted by Crippen LogP contribution is 2.04. The van der Waals surface area contributed by atoms with E-state index in [0.29, 0.717) is 6.54 Å². The molecule has 0 aliphatic carbocycles. The third-order valence-corrected chi connectivity index (χ3v) is 2.97. The first-order valence-corrected chi connectivity index (χ1v) is 6.08. The number of nitrogens with zero attached hydrogens (tertiary/aromatic N) is 1. The topological polar surface area (TPSA) is 68.0 Å². The molecular weight excluding hydrogens is 214 g/mol. The molecule has 0 bridgehead atoms. The van der Waals surface area contributed by atoms with E-state index in [0.717, 1.165) is 18.5 Å². The monoisotopic (exact) mass is 235 g/mol. The molecule has 0 aromatic carbocycles. The molecule has 1 aromatic heterocycles. The minimum atomic E-state index is -0.413. The van der Waals surface area contributed by atoms with E-state index in [2.05, 4.69) is 10.3 Å². The standard InChI is InChI=1S/C13H21N3O/c1-3-10(2)12(14)13(17)16-9-7-11-6-4-5-8-15-11/h4-6,8,10,12H,3,7,9,14H2,1-2H3,(H,16,17)/t10-,12+/m0/s1. The number of hydrogen-bond acceptors (Lipinski definition) is 3. The number of carbonyl (C=O) groups is 1. The van der Waals surface area contributed by atoms with Gasteiger partial charge in [0.2, 0.25) is 5.91 Å². The van der Waals surface area contributed by atoms with Gasteiger partial charge in [-0.1, -0.05) is 26.3 Å². The second-order valence-electron chi connectivity index (χ2n) is 4.27. The van der Waals surface area contributed by atoms with Crippen LogP contribution in [-0.4, -0.2) is 23.5 Å². The van der Waals surface area contributed by atoms with Gasteiger partial charge in [-0.15, -0.1) is 0 Å². The van der Waals surface area contributed by atoms with E-state index in [-0.39, 0.29) is 11.8 Å². The van der Waals surface area contributed by atoms with Crippen LogP contribution in [0.2, 0.25) is 0 Å². The summed E-state index contributed by atoms with van der Waals surface area (Å²) in [5.41, 5.74) is 6.80. The number of hydrogen-bond donors (Lipinski definition) is 2. The van der Waals surface area contributed by atoms with Crippen molar-refractivity contribution in [2.24, 2.45) is 11.7 Å². The molecule has 0 unspecified atom stereocenters. The van der Waals surface area contributed by atoms with Crippen molar-refractivity contribution in [3.63, 3.8) is 0 Å². The largest absolute Gasteiger partial charge is 0.354 e. The summed E-state index contributed by atoms with van der Waals surface area (Å²) < 4.78 is 0. The van der Waals surface area contributed by atoms with Crippen molar-refractivity contribution in [2.45, 2.75) is 32.7 Å². The lowest BCUT2D eigenvalue weighted by Gasteiger charge is -2.17. The number of aromatic nitrogens is 1. The smallest absolute Gasteiger partial charge is 0.237 e. The van der Waals surface area contributed by atoms with Gasteiger partial charge in [0.1, 0.15) is 0 Å². The quantitative estimate of drug-likeness (QED) is 0.776. The van der Waals surface area contributed by atoms with Gasteiger partial charge < -0.3 is 11.1 Å². The van der Waals surface area contributed by atoms with Gasteiger partial charge in [-0.3, -0.25) is 9.78 Å². The summed E-state index contributed by atoms with van der Waals surface area (Å²) in [6, 6.07) is 5.35. The minimum absolute atomic E-state index is 0.0738. The first-order valence-electron chi connectivity index (χ1n) is 6.08. The molecule has 2 atom stereocenters. The van der Waals surface area contributed by atoms with Crippen LogP contribution in [0.3, 0.4) is 0 Å². The molecule has 17 heavy (non-hydrogen) atoms. The molecular formula is C13H21N3O. The van der Waals surface area contributed by atoms with Crippen LogP contribution in [0.1, 0.15) is 26.0 Å². The molecule has 0 saturated heterocycles. The summed E-state index contributed by atoms with van der Waals surface area (Å²) in [6.07, 6.45) is 3.40. The Morgan fingerprint density at radius 2 is 2.29 bits per heavy atom. The molecule has 0 fully saturated rings. The summed E-state index contributed by atoms with van der Waals surface area (Å²) in [6.45, 7) is 4.61. The van der Waals surface area contributed by atoms with E-state index in [1.54, 1.807) is 6.20 Å². The van der Waals surface area contributed by atoms with Crippen molar-refractivity contribution in [3.05, 3.63) is 30.1 Å². The summed E-state index contributed by atoms with van der Waals surface area (Å²) in [4.78, 5) is 15.9. The van der Waals surface area contributed by atoms with E-state index < -0.39 is 6.04 Å². The second kappa shape index (κ2) is 7.01. The van der Waals surface area contributed by atoms with Crippen molar-refractivity contribution in [3.8, 4) is 0 Å². The van der Waals surface area contributed by atoms with Crippen LogP contribution in [0.4, 0.5) is 0 Å². The Hall–Kier alpha value is -1.42. The molecule has 0 saturated carbocycles. The van der Waals surface area contributed by atoms with Gasteiger partial charge in [0, 0.05) is 24.9 Å². The van der Waals surface area contributed by atoms with E-state index in [4.69, 9.17) is 5.73 Å². The maximum absolute atomic E-state index is 11.7. The Kier molecular flexibility index (Phi) is 5.63. The molecule has 0 aliphatic heterocycles. The van der Waals surface area contributed by atoms with Gasteiger partial charge in [0.25, 0.3) is 0 Å². The molecule has 4 nitrogen and oxygen atoms in total. The summed E-state index contributed by atoms with van der Waals surface area (Å²) in [5.74, 6) is 0.139. The fourth-order valence-corrected chi connectivity index (χ4v) is 1.49. The lowest BCUT2D eigenvalue weighted by atomic mass is 9.99. The van der Waals surface area contributed by atoms with Crippen LogP contribution >= 0.6 is 0 Å². The lowest BCUT2D eigenvalue weighted by molar-refractivity contribution is -0.123. The average molecular weight is 235 g/mol. The number of rotatable bonds is 6. The Morgan fingerprint density at radius 3 is 2.88 bits per heavy atom. The number of pyridine rings is 1. The van der Waals surface area contributed by atoms with Gasteiger partial charge >= 0.3 is 0 Å². The van der Waals surface area contributed by atoms with Gasteiger partial charge in [0.15, 0.2) is 0 Å². The highest BCUT2D eigenvalue weighted by atomic mass is 16.2. The molecule has 94 valence electrons. The molecule has 3 N–H and O–H groups in total. The first kappa shape index (κ1) is 13.6. The van der Waals surface area contributed by atoms with Crippen LogP contribution < -0.4 is 11.1 Å². The Balaban J connectivity index is 2.29. The second-order valence-corrected chi connectivity index (χ2v) is 4.27. The Bertz CT molecular complexity index is 340. The maximum atomic E-state index is 11.7. The molecule has 1 rings (SSSR count). The Morgan fingerprint density at radius 1 is 1.53 bits per heavy atom. The van der Waals surface area contributed by atoms with Crippen LogP contribution in [0.5, 0.6) is 0 Å². The SMILES string of the molecule is CC[C@H](C)[C@@H](N)C(=O)NCCc1ccccn1. The minimum Gasteiger partial charge on any atom is -0.354 e. The first-order chi connectivity index (χ1) is 8.15. The van der Waals surface area contributed by atoms with E-state index in [9.17, 15) is 4.79 Å². The van der Waals surface area contributed by atoms with Gasteiger partial charge in [-0.2, -0.15) is 0 Å². The molecule has 0 aliphatic rings. The summed E-state index contributed by atoms with van der Waals surface area (Å²) in [7, 11) is 0. The average Bonchev–Trinajstić information content (AvgIpc) is 2.38. The van der Waals surface area contributed by atoms with E-state index >= 15 is 0 Å². The molecule has 1 aromatic rings. The predicted molar refractivity (Wildman–Crippen MR) is 68.4 cm³/mol. The number of nitrogens with one attached hydrogen (secondary N) is 1. The van der Waals surface area contributed by atoms with Crippen LogP contribution in [0.15, 0.2) is 24.4 Å². The van der Waals surface area contributed by atoms with Crippen molar-refractivity contribution >= 4 is 5.91 Å². The third kappa shape index (κ3) is 4.53. The molecule has 4 heteroatoms. The van der Waals surface area contributed by atoms with Crippen molar-refractivity contribution in [1.29, 1.82) is 0 Å². The summed E-state index contributed by atoms with van der Waals surface area (Å²) in [5, 5.41) is 2.84. The van der Waals surface area contributed by atoms with Crippen LogP contribution in [-0.2, 0) is 11.2 Å². The van der Waals surface area contributed by atoms with E-state index in [1.807, 2.05) is 32.0 Å². The van der Waals surface area contributed by atoms with Gasteiger partial charge in [0.05, 0.1) is 6.04 Å². The van der Waals surface area contributed by atoms with Crippen LogP contribution in [0, 0.1) is 5.92 Å². The van der Waals surface area contributed by atoms with Crippen LogP contribution in [0.25, 0.3) is 0 Å².